The van der Waals surface area contributed by atoms with E-state index in [4.69, 9.17) is 9.47 Å². The predicted molar refractivity (Wildman–Crippen MR) is 65.7 cm³/mol. The Morgan fingerprint density at radius 3 is 2.41 bits per heavy atom. The Bertz CT molecular complexity index is 334. The van der Waals surface area contributed by atoms with Crippen molar-refractivity contribution in [3.05, 3.63) is 0 Å². The van der Waals surface area contributed by atoms with Crippen LogP contribution in [0.3, 0.4) is 0 Å². The van der Waals surface area contributed by atoms with Crippen molar-refractivity contribution in [1.82, 2.24) is 0 Å². The van der Waals surface area contributed by atoms with Gasteiger partial charge in [-0.05, 0) is 37.0 Å². The number of ether oxygens (including phenoxy) is 2. The van der Waals surface area contributed by atoms with Crippen LogP contribution in [0, 0.1) is 11.3 Å². The standard InChI is InChI=1S/C14H24O3/c1-10(2)14(11(15)16-5)13(17-14)8-6-7-12(3,4)9-13/h10H,6-9H2,1-5H3. The molecule has 0 amide bonds. The maximum Gasteiger partial charge on any atom is 0.341 e. The lowest BCUT2D eigenvalue weighted by Crippen LogP contribution is -2.43. The molecule has 98 valence electrons. The Kier molecular flexibility index (Phi) is 2.81. The molecule has 1 saturated heterocycles. The summed E-state index contributed by atoms with van der Waals surface area (Å²) in [6, 6.07) is 0. The summed E-state index contributed by atoms with van der Waals surface area (Å²) in [6.45, 7) is 8.62. The highest BCUT2D eigenvalue weighted by molar-refractivity contribution is 5.85. The van der Waals surface area contributed by atoms with Gasteiger partial charge in [0.1, 0.15) is 5.60 Å². The molecule has 2 atom stereocenters. The average Bonchev–Trinajstić information content (AvgIpc) is 2.84. The maximum atomic E-state index is 12.1. The molecule has 1 heterocycles. The molecule has 17 heavy (non-hydrogen) atoms. The van der Waals surface area contributed by atoms with Crippen LogP contribution in [-0.2, 0) is 14.3 Å². The van der Waals surface area contributed by atoms with Crippen molar-refractivity contribution in [2.45, 2.75) is 64.6 Å². The number of hydrogen-bond acceptors (Lipinski definition) is 3. The van der Waals surface area contributed by atoms with Crippen molar-refractivity contribution >= 4 is 5.97 Å². The van der Waals surface area contributed by atoms with Crippen molar-refractivity contribution in [2.24, 2.45) is 11.3 Å². The van der Waals surface area contributed by atoms with Crippen LogP contribution in [0.5, 0.6) is 0 Å². The normalized spacial score (nSPS) is 39.4. The van der Waals surface area contributed by atoms with Crippen LogP contribution < -0.4 is 0 Å². The molecule has 3 heteroatoms. The number of carbonyl (C=O) groups is 1. The van der Waals surface area contributed by atoms with Gasteiger partial charge in [0.25, 0.3) is 0 Å². The lowest BCUT2D eigenvalue weighted by atomic mass is 9.66. The van der Waals surface area contributed by atoms with E-state index in [-0.39, 0.29) is 22.9 Å². The van der Waals surface area contributed by atoms with Gasteiger partial charge in [0, 0.05) is 0 Å². The molecular weight excluding hydrogens is 216 g/mol. The second-order valence-electron chi connectivity index (χ2n) is 6.67. The van der Waals surface area contributed by atoms with E-state index in [0.29, 0.717) is 0 Å². The summed E-state index contributed by atoms with van der Waals surface area (Å²) >= 11 is 0. The van der Waals surface area contributed by atoms with Gasteiger partial charge in [0.2, 0.25) is 0 Å². The predicted octanol–water partition coefficient (Wildman–Crippen LogP) is 2.92. The van der Waals surface area contributed by atoms with Gasteiger partial charge in [-0.3, -0.25) is 0 Å². The molecule has 1 aliphatic carbocycles. The lowest BCUT2D eigenvalue weighted by Gasteiger charge is -2.35. The van der Waals surface area contributed by atoms with Gasteiger partial charge in [0.05, 0.1) is 7.11 Å². The SMILES string of the molecule is COC(=O)C1(C(C)C)OC12CCCC(C)(C)C2. The topological polar surface area (TPSA) is 38.8 Å². The summed E-state index contributed by atoms with van der Waals surface area (Å²) < 4.78 is 11.0. The second kappa shape index (κ2) is 3.71. The number of epoxide rings is 1. The maximum absolute atomic E-state index is 12.1. The first kappa shape index (κ1) is 12.9. The van der Waals surface area contributed by atoms with Gasteiger partial charge in [-0.25, -0.2) is 4.79 Å². The molecule has 1 spiro atoms. The number of carbonyl (C=O) groups excluding carboxylic acids is 1. The molecule has 2 aliphatic rings. The highest BCUT2D eigenvalue weighted by Gasteiger charge is 2.77. The van der Waals surface area contributed by atoms with Gasteiger partial charge in [-0.15, -0.1) is 0 Å². The van der Waals surface area contributed by atoms with E-state index in [1.807, 2.05) is 13.8 Å². The van der Waals surface area contributed by atoms with E-state index in [1.165, 1.54) is 13.5 Å². The Morgan fingerprint density at radius 2 is 1.94 bits per heavy atom. The monoisotopic (exact) mass is 240 g/mol. The lowest BCUT2D eigenvalue weighted by molar-refractivity contribution is -0.148. The van der Waals surface area contributed by atoms with E-state index in [9.17, 15) is 4.79 Å². The van der Waals surface area contributed by atoms with Crippen LogP contribution in [0.15, 0.2) is 0 Å². The van der Waals surface area contributed by atoms with Crippen LogP contribution in [-0.4, -0.2) is 24.3 Å². The second-order valence-corrected chi connectivity index (χ2v) is 6.67. The van der Waals surface area contributed by atoms with E-state index >= 15 is 0 Å². The van der Waals surface area contributed by atoms with Gasteiger partial charge >= 0.3 is 5.97 Å². The van der Waals surface area contributed by atoms with E-state index < -0.39 is 5.60 Å². The van der Waals surface area contributed by atoms with Crippen LogP contribution in [0.25, 0.3) is 0 Å². The number of methoxy groups -OCH3 is 1. The van der Waals surface area contributed by atoms with Crippen molar-refractivity contribution < 1.29 is 14.3 Å². The molecular formula is C14H24O3. The smallest absolute Gasteiger partial charge is 0.341 e. The van der Waals surface area contributed by atoms with E-state index in [0.717, 1.165) is 19.3 Å². The molecule has 3 nitrogen and oxygen atoms in total. The van der Waals surface area contributed by atoms with Crippen LogP contribution in [0.1, 0.15) is 53.4 Å². The summed E-state index contributed by atoms with van der Waals surface area (Å²) in [5.74, 6) is -0.0194. The van der Waals surface area contributed by atoms with Crippen molar-refractivity contribution in [3.63, 3.8) is 0 Å². The molecule has 0 aromatic rings. The molecule has 1 aliphatic heterocycles. The number of esters is 1. The fourth-order valence-corrected chi connectivity index (χ4v) is 3.75. The molecule has 0 aromatic heterocycles. The summed E-state index contributed by atoms with van der Waals surface area (Å²) in [5.41, 5.74) is -0.668. The zero-order valence-corrected chi connectivity index (χ0v) is 11.6. The summed E-state index contributed by atoms with van der Waals surface area (Å²) in [5, 5.41) is 0. The Labute approximate surface area is 104 Å². The van der Waals surface area contributed by atoms with Gasteiger partial charge < -0.3 is 9.47 Å². The third-order valence-corrected chi connectivity index (χ3v) is 4.49. The molecule has 0 aromatic carbocycles. The van der Waals surface area contributed by atoms with Crippen LogP contribution in [0.4, 0.5) is 0 Å². The Balaban J connectivity index is 2.27. The van der Waals surface area contributed by atoms with Crippen LogP contribution in [0.2, 0.25) is 0 Å². The van der Waals surface area contributed by atoms with Crippen LogP contribution >= 0.6 is 0 Å². The third-order valence-electron chi connectivity index (χ3n) is 4.49. The first-order valence-corrected chi connectivity index (χ1v) is 6.58. The fraction of sp³-hybridized carbons (Fsp3) is 0.929. The summed E-state index contributed by atoms with van der Waals surface area (Å²) in [6.07, 6.45) is 4.31. The Hall–Kier alpha value is -0.570. The minimum Gasteiger partial charge on any atom is -0.467 e. The zero-order chi connectivity index (χ0) is 12.9. The molecule has 0 bridgehead atoms. The van der Waals surface area contributed by atoms with Crippen molar-refractivity contribution in [3.8, 4) is 0 Å². The molecule has 1 saturated carbocycles. The van der Waals surface area contributed by atoms with Crippen molar-refractivity contribution in [2.75, 3.05) is 7.11 Å². The fourth-order valence-electron chi connectivity index (χ4n) is 3.75. The number of hydrogen-bond donors (Lipinski definition) is 0. The highest BCUT2D eigenvalue weighted by atomic mass is 16.7. The number of rotatable bonds is 2. The van der Waals surface area contributed by atoms with Gasteiger partial charge in [-0.2, -0.15) is 0 Å². The van der Waals surface area contributed by atoms with E-state index in [1.54, 1.807) is 0 Å². The van der Waals surface area contributed by atoms with Gasteiger partial charge in [-0.1, -0.05) is 27.7 Å². The minimum atomic E-state index is -0.681. The molecule has 2 rings (SSSR count). The summed E-state index contributed by atoms with van der Waals surface area (Å²) in [7, 11) is 1.45. The third kappa shape index (κ3) is 1.70. The quantitative estimate of drug-likeness (QED) is 0.550. The molecule has 0 radical (unpaired) electrons. The minimum absolute atomic E-state index is 0.170. The van der Waals surface area contributed by atoms with Crippen molar-refractivity contribution in [1.29, 1.82) is 0 Å². The first-order valence-electron chi connectivity index (χ1n) is 6.58. The Morgan fingerprint density at radius 1 is 1.29 bits per heavy atom. The largest absolute Gasteiger partial charge is 0.467 e. The van der Waals surface area contributed by atoms with Gasteiger partial charge in [0.15, 0.2) is 5.60 Å². The molecule has 0 N–H and O–H groups in total. The van der Waals surface area contributed by atoms with E-state index in [2.05, 4.69) is 13.8 Å². The zero-order valence-electron chi connectivity index (χ0n) is 11.6. The molecule has 2 unspecified atom stereocenters. The highest BCUT2D eigenvalue weighted by Crippen LogP contribution is 2.63. The first-order chi connectivity index (χ1) is 7.80. The molecule has 2 fully saturated rings. The summed E-state index contributed by atoms with van der Waals surface area (Å²) in [4.78, 5) is 12.1. The average molecular weight is 240 g/mol.